The van der Waals surface area contributed by atoms with Crippen molar-refractivity contribution in [2.45, 2.75) is 18.9 Å². The maximum atomic E-state index is 12.4. The second-order valence-electron chi connectivity index (χ2n) is 7.57. The lowest BCUT2D eigenvalue weighted by molar-refractivity contribution is -0.117. The van der Waals surface area contributed by atoms with Crippen LogP contribution in [0.4, 0.5) is 10.5 Å². The number of amides is 2. The Morgan fingerprint density at radius 3 is 2.19 bits per heavy atom. The van der Waals surface area contributed by atoms with Crippen LogP contribution in [-0.2, 0) is 9.53 Å². The molecule has 1 aliphatic carbocycles. The molecule has 0 radical (unpaired) electrons. The van der Waals surface area contributed by atoms with Gasteiger partial charge in [0.1, 0.15) is 12.6 Å². The fourth-order valence-electron chi connectivity index (χ4n) is 3.86. The first-order chi connectivity index (χ1) is 15.4. The van der Waals surface area contributed by atoms with E-state index in [1.807, 2.05) is 36.4 Å². The molecule has 3 aromatic carbocycles. The van der Waals surface area contributed by atoms with Crippen LogP contribution < -0.4 is 10.6 Å². The highest BCUT2D eigenvalue weighted by Gasteiger charge is 2.29. The maximum absolute atomic E-state index is 12.4. The minimum atomic E-state index is -1.09. The van der Waals surface area contributed by atoms with Crippen LogP contribution in [0.1, 0.15) is 34.3 Å². The van der Waals surface area contributed by atoms with E-state index in [1.165, 1.54) is 25.1 Å². The van der Waals surface area contributed by atoms with Gasteiger partial charge < -0.3 is 20.5 Å². The Hall–Kier alpha value is -4.13. The SMILES string of the molecule is C[C@H](NC(=O)OCC1c2ccccc2-c2ccccc21)C(=O)Nc1cccc(C(=O)O)c1. The summed E-state index contributed by atoms with van der Waals surface area (Å²) in [6.07, 6.45) is -0.700. The third-order valence-electron chi connectivity index (χ3n) is 5.45. The van der Waals surface area contributed by atoms with E-state index in [0.717, 1.165) is 22.3 Å². The number of benzene rings is 3. The average Bonchev–Trinajstić information content (AvgIpc) is 3.11. The number of fused-ring (bicyclic) bond motifs is 3. The second kappa shape index (κ2) is 8.93. The molecule has 0 aliphatic heterocycles. The van der Waals surface area contributed by atoms with Gasteiger partial charge in [0.2, 0.25) is 5.91 Å². The molecule has 0 unspecified atom stereocenters. The third kappa shape index (κ3) is 4.32. The maximum Gasteiger partial charge on any atom is 0.407 e. The van der Waals surface area contributed by atoms with Crippen molar-refractivity contribution in [2.24, 2.45) is 0 Å². The number of carbonyl (C=O) groups is 3. The number of carboxylic acid groups (broad SMARTS) is 1. The van der Waals surface area contributed by atoms with Crippen molar-refractivity contribution in [2.75, 3.05) is 11.9 Å². The molecule has 1 aliphatic rings. The van der Waals surface area contributed by atoms with Crippen LogP contribution in [-0.4, -0.2) is 35.7 Å². The monoisotopic (exact) mass is 430 g/mol. The molecule has 0 bridgehead atoms. The van der Waals surface area contributed by atoms with Crippen molar-refractivity contribution in [3.63, 3.8) is 0 Å². The van der Waals surface area contributed by atoms with Gasteiger partial charge in [-0.15, -0.1) is 0 Å². The summed E-state index contributed by atoms with van der Waals surface area (Å²) in [6, 6.07) is 21.1. The molecule has 4 rings (SSSR count). The Bertz CT molecular complexity index is 1140. The molecular formula is C25H22N2O5. The molecule has 0 heterocycles. The van der Waals surface area contributed by atoms with Gasteiger partial charge in [-0.25, -0.2) is 9.59 Å². The van der Waals surface area contributed by atoms with E-state index in [-0.39, 0.29) is 18.1 Å². The van der Waals surface area contributed by atoms with Crippen molar-refractivity contribution in [3.05, 3.63) is 89.5 Å². The summed E-state index contributed by atoms with van der Waals surface area (Å²) in [5.41, 5.74) is 4.86. The quantitative estimate of drug-likeness (QED) is 0.542. The predicted octanol–water partition coefficient (Wildman–Crippen LogP) is 4.25. The summed E-state index contributed by atoms with van der Waals surface area (Å²) in [5.74, 6) is -1.65. The van der Waals surface area contributed by atoms with E-state index in [9.17, 15) is 14.4 Å². The molecule has 3 N–H and O–H groups in total. The zero-order chi connectivity index (χ0) is 22.7. The topological polar surface area (TPSA) is 105 Å². The lowest BCUT2D eigenvalue weighted by Gasteiger charge is -2.17. The molecule has 2 amide bonds. The van der Waals surface area contributed by atoms with Crippen LogP contribution in [0.15, 0.2) is 72.8 Å². The van der Waals surface area contributed by atoms with Gasteiger partial charge in [-0.1, -0.05) is 54.6 Å². The van der Waals surface area contributed by atoms with Crippen molar-refractivity contribution in [1.29, 1.82) is 0 Å². The van der Waals surface area contributed by atoms with Gasteiger partial charge in [-0.3, -0.25) is 4.79 Å². The van der Waals surface area contributed by atoms with Gasteiger partial charge in [0.25, 0.3) is 0 Å². The van der Waals surface area contributed by atoms with Crippen LogP contribution >= 0.6 is 0 Å². The highest BCUT2D eigenvalue weighted by Crippen LogP contribution is 2.44. The molecule has 0 aromatic heterocycles. The zero-order valence-corrected chi connectivity index (χ0v) is 17.4. The summed E-state index contributed by atoms with van der Waals surface area (Å²) in [4.78, 5) is 35.8. The Balaban J connectivity index is 1.36. The van der Waals surface area contributed by atoms with Crippen molar-refractivity contribution in [3.8, 4) is 11.1 Å². The highest BCUT2D eigenvalue weighted by molar-refractivity contribution is 5.97. The number of alkyl carbamates (subject to hydrolysis) is 1. The first-order valence-corrected chi connectivity index (χ1v) is 10.2. The largest absolute Gasteiger partial charge is 0.478 e. The smallest absolute Gasteiger partial charge is 0.407 e. The molecule has 0 saturated heterocycles. The number of ether oxygens (including phenoxy) is 1. The number of rotatable bonds is 6. The summed E-state index contributed by atoms with van der Waals surface area (Å²) >= 11 is 0. The van der Waals surface area contributed by atoms with E-state index < -0.39 is 24.0 Å². The first-order valence-electron chi connectivity index (χ1n) is 10.2. The molecule has 162 valence electrons. The van der Waals surface area contributed by atoms with Gasteiger partial charge >= 0.3 is 12.1 Å². The van der Waals surface area contributed by atoms with Crippen molar-refractivity contribution < 1.29 is 24.2 Å². The molecule has 32 heavy (non-hydrogen) atoms. The summed E-state index contributed by atoms with van der Waals surface area (Å²) in [6.45, 7) is 1.67. The number of hydrogen-bond donors (Lipinski definition) is 3. The first kappa shape index (κ1) is 21.1. The number of nitrogens with one attached hydrogen (secondary N) is 2. The van der Waals surface area contributed by atoms with Crippen LogP contribution in [0.25, 0.3) is 11.1 Å². The van der Waals surface area contributed by atoms with Gasteiger partial charge in [-0.2, -0.15) is 0 Å². The third-order valence-corrected chi connectivity index (χ3v) is 5.45. The standard InChI is InChI=1S/C25H22N2O5/c1-15(23(28)27-17-8-6-7-16(13-17)24(29)30)26-25(31)32-14-22-20-11-4-2-9-18(20)19-10-3-5-12-21(19)22/h2-13,15,22H,14H2,1H3,(H,26,31)(H,27,28)(H,29,30)/t15-/m0/s1. The van der Waals surface area contributed by atoms with Crippen LogP contribution in [0.2, 0.25) is 0 Å². The second-order valence-corrected chi connectivity index (χ2v) is 7.57. The van der Waals surface area contributed by atoms with E-state index >= 15 is 0 Å². The number of carbonyl (C=O) groups excluding carboxylic acids is 2. The molecule has 0 fully saturated rings. The van der Waals surface area contributed by atoms with E-state index in [1.54, 1.807) is 6.07 Å². The molecule has 7 heteroatoms. The van der Waals surface area contributed by atoms with E-state index in [0.29, 0.717) is 5.69 Å². The lowest BCUT2D eigenvalue weighted by Crippen LogP contribution is -2.42. The highest BCUT2D eigenvalue weighted by atomic mass is 16.5. The molecule has 1 atom stereocenters. The van der Waals surface area contributed by atoms with Crippen LogP contribution in [0, 0.1) is 0 Å². The lowest BCUT2D eigenvalue weighted by atomic mass is 9.98. The summed E-state index contributed by atoms with van der Waals surface area (Å²) < 4.78 is 5.45. The molecular weight excluding hydrogens is 408 g/mol. The Morgan fingerprint density at radius 1 is 0.938 bits per heavy atom. The van der Waals surface area contributed by atoms with Gasteiger partial charge in [0.15, 0.2) is 0 Å². The number of carboxylic acids is 1. The number of hydrogen-bond acceptors (Lipinski definition) is 4. The normalized spacial score (nSPS) is 12.9. The Labute approximate surface area is 185 Å². The average molecular weight is 430 g/mol. The molecule has 7 nitrogen and oxygen atoms in total. The fraction of sp³-hybridized carbons (Fsp3) is 0.160. The molecule has 0 saturated carbocycles. The van der Waals surface area contributed by atoms with Gasteiger partial charge in [0, 0.05) is 11.6 Å². The Kier molecular flexibility index (Phi) is 5.89. The molecule has 3 aromatic rings. The number of anilines is 1. The van der Waals surface area contributed by atoms with Gasteiger partial charge in [0.05, 0.1) is 5.56 Å². The predicted molar refractivity (Wildman–Crippen MR) is 120 cm³/mol. The Morgan fingerprint density at radius 2 is 1.56 bits per heavy atom. The fourth-order valence-corrected chi connectivity index (χ4v) is 3.86. The van der Waals surface area contributed by atoms with E-state index in [4.69, 9.17) is 9.84 Å². The minimum absolute atomic E-state index is 0.0555. The summed E-state index contributed by atoms with van der Waals surface area (Å²) in [5, 5.41) is 14.2. The van der Waals surface area contributed by atoms with Gasteiger partial charge in [-0.05, 0) is 47.4 Å². The van der Waals surface area contributed by atoms with Crippen molar-refractivity contribution in [1.82, 2.24) is 5.32 Å². The minimum Gasteiger partial charge on any atom is -0.478 e. The zero-order valence-electron chi connectivity index (χ0n) is 17.4. The van der Waals surface area contributed by atoms with Crippen LogP contribution in [0.3, 0.4) is 0 Å². The van der Waals surface area contributed by atoms with E-state index in [2.05, 4.69) is 22.8 Å². The molecule has 0 spiro atoms. The van der Waals surface area contributed by atoms with Crippen molar-refractivity contribution >= 4 is 23.7 Å². The number of aromatic carboxylic acids is 1. The van der Waals surface area contributed by atoms with Crippen LogP contribution in [0.5, 0.6) is 0 Å². The summed E-state index contributed by atoms with van der Waals surface area (Å²) in [7, 11) is 0.